The van der Waals surface area contributed by atoms with Gasteiger partial charge < -0.3 is 29.9 Å². The molecule has 1 saturated heterocycles. The maximum atomic E-state index is 13.4. The van der Waals surface area contributed by atoms with Crippen LogP contribution in [0.3, 0.4) is 0 Å². The number of carboxylic acid groups (broad SMARTS) is 1. The number of benzene rings is 4. The number of ether oxygens (including phenoxy) is 2. The molecule has 1 heterocycles. The third kappa shape index (κ3) is 7.03. The van der Waals surface area contributed by atoms with Gasteiger partial charge in [0.05, 0.1) is 11.2 Å². The normalized spacial score (nSPS) is 14.3. The molecular weight excluding hydrogens is 595 g/mol. The van der Waals surface area contributed by atoms with Crippen LogP contribution in [0.15, 0.2) is 95.5 Å². The van der Waals surface area contributed by atoms with Crippen LogP contribution in [-0.4, -0.2) is 40.2 Å². The molecule has 210 valence electrons. The number of aromatic carboxylic acids is 1. The first-order valence-corrected chi connectivity index (χ1v) is 13.6. The summed E-state index contributed by atoms with van der Waals surface area (Å²) < 4.78 is 26.1. The second-order valence-electron chi connectivity index (χ2n) is 9.64. The minimum absolute atomic E-state index is 0.118. The predicted molar refractivity (Wildman–Crippen MR) is 154 cm³/mol. The third-order valence-electron chi connectivity index (χ3n) is 6.78. The number of hydrogen-bond acceptors (Lipinski definition) is 5. The quantitative estimate of drug-likeness (QED) is 0.199. The van der Waals surface area contributed by atoms with E-state index in [1.807, 2.05) is 24.3 Å². The summed E-state index contributed by atoms with van der Waals surface area (Å²) in [5.41, 5.74) is 0.301. The topological polar surface area (TPSA) is 108 Å². The fourth-order valence-electron chi connectivity index (χ4n) is 4.53. The Bertz CT molecular complexity index is 1540. The van der Waals surface area contributed by atoms with Gasteiger partial charge in [-0.2, -0.15) is 0 Å². The molecule has 0 aliphatic carbocycles. The van der Waals surface area contributed by atoms with Gasteiger partial charge in [0.2, 0.25) is 0 Å². The number of amides is 2. The highest BCUT2D eigenvalue weighted by molar-refractivity contribution is 9.10. The summed E-state index contributed by atoms with van der Waals surface area (Å²) in [6.07, 6.45) is 0.771. The maximum absolute atomic E-state index is 13.4. The summed E-state index contributed by atoms with van der Waals surface area (Å²) >= 11 is 3.41. The molecule has 3 N–H and O–H groups in total. The molecule has 0 atom stereocenters. The Morgan fingerprint density at radius 2 is 1.34 bits per heavy atom. The first-order valence-electron chi connectivity index (χ1n) is 12.8. The van der Waals surface area contributed by atoms with Crippen LogP contribution in [0.4, 0.5) is 14.9 Å². The molecule has 0 radical (unpaired) electrons. The van der Waals surface area contributed by atoms with Crippen LogP contribution in [0.5, 0.6) is 23.0 Å². The number of piperidine rings is 1. The van der Waals surface area contributed by atoms with E-state index in [4.69, 9.17) is 14.6 Å². The lowest BCUT2D eigenvalue weighted by molar-refractivity contribution is -0.0157. The highest BCUT2D eigenvalue weighted by atomic mass is 79.9. The zero-order valence-electron chi connectivity index (χ0n) is 21.7. The molecule has 0 saturated carbocycles. The number of nitrogens with zero attached hydrogens (tertiary/aromatic N) is 1. The molecule has 0 unspecified atom stereocenters. The van der Waals surface area contributed by atoms with Gasteiger partial charge in [-0.1, -0.05) is 28.1 Å². The van der Waals surface area contributed by atoms with Crippen LogP contribution < -0.4 is 14.8 Å². The van der Waals surface area contributed by atoms with Crippen molar-refractivity contribution in [1.29, 1.82) is 0 Å². The fraction of sp³-hybridized carbons (Fsp3) is 0.161. The van der Waals surface area contributed by atoms with Crippen molar-refractivity contribution < 1.29 is 33.7 Å². The summed E-state index contributed by atoms with van der Waals surface area (Å²) in [5, 5.41) is 23.2. The Kier molecular flexibility index (Phi) is 8.23. The summed E-state index contributed by atoms with van der Waals surface area (Å²) in [4.78, 5) is 26.0. The first kappa shape index (κ1) is 28.1. The molecule has 4 aromatic rings. The number of hydrogen-bond donors (Lipinski definition) is 3. The largest absolute Gasteiger partial charge is 0.478 e. The third-order valence-corrected chi connectivity index (χ3v) is 7.31. The number of carboxylic acids is 1. The minimum atomic E-state index is -1.05. The van der Waals surface area contributed by atoms with Crippen LogP contribution in [0.1, 0.15) is 28.8 Å². The molecule has 1 fully saturated rings. The summed E-state index contributed by atoms with van der Waals surface area (Å²) in [7, 11) is 0. The van der Waals surface area contributed by atoms with Crippen LogP contribution in [0.25, 0.3) is 0 Å². The molecule has 5 rings (SSSR count). The van der Waals surface area contributed by atoms with Gasteiger partial charge in [-0.15, -0.1) is 0 Å². The number of likely N-dealkylation sites (tertiary alicyclic amines) is 1. The number of urea groups is 1. The van der Waals surface area contributed by atoms with Gasteiger partial charge in [0, 0.05) is 41.4 Å². The standard InChI is InChI=1S/C31H26BrFN2O6/c32-22-5-3-21(4-6-22)31(39)13-15-35(16-14-31)30(38)34-24-17-27(40-25-9-1-20(2-10-25)29(36)37)19-28(18-24)41-26-11-7-23(33)8-12-26/h1-12,17-19,39H,13-16H2,(H,34,38)(H,36,37). The number of carbonyl (C=O) groups is 2. The maximum Gasteiger partial charge on any atom is 0.335 e. The number of anilines is 1. The van der Waals surface area contributed by atoms with Crippen molar-refractivity contribution >= 4 is 33.6 Å². The molecule has 1 aliphatic heterocycles. The number of aliphatic hydroxyl groups is 1. The Hall–Kier alpha value is -4.41. The van der Waals surface area contributed by atoms with Crippen molar-refractivity contribution in [3.8, 4) is 23.0 Å². The van der Waals surface area contributed by atoms with Crippen molar-refractivity contribution in [3.63, 3.8) is 0 Å². The molecule has 10 heteroatoms. The van der Waals surface area contributed by atoms with Gasteiger partial charge in [0.15, 0.2) is 0 Å². The molecule has 4 aromatic carbocycles. The number of rotatable bonds is 7. The Balaban J connectivity index is 1.32. The van der Waals surface area contributed by atoms with Gasteiger partial charge in [0.1, 0.15) is 28.8 Å². The van der Waals surface area contributed by atoms with Crippen LogP contribution in [0.2, 0.25) is 0 Å². The van der Waals surface area contributed by atoms with E-state index in [0.717, 1.165) is 10.0 Å². The molecule has 41 heavy (non-hydrogen) atoms. The van der Waals surface area contributed by atoms with Crippen molar-refractivity contribution in [1.82, 2.24) is 4.90 Å². The summed E-state index contributed by atoms with van der Waals surface area (Å²) in [6.45, 7) is 0.701. The smallest absolute Gasteiger partial charge is 0.335 e. The van der Waals surface area contributed by atoms with Gasteiger partial charge in [-0.05, 0) is 79.1 Å². The van der Waals surface area contributed by atoms with Crippen LogP contribution >= 0.6 is 15.9 Å². The van der Waals surface area contributed by atoms with Crippen LogP contribution in [-0.2, 0) is 5.60 Å². The van der Waals surface area contributed by atoms with Crippen molar-refractivity contribution in [2.24, 2.45) is 0 Å². The molecule has 0 aromatic heterocycles. The van der Waals surface area contributed by atoms with Crippen molar-refractivity contribution in [2.45, 2.75) is 18.4 Å². The van der Waals surface area contributed by atoms with Gasteiger partial charge in [-0.25, -0.2) is 14.0 Å². The Morgan fingerprint density at radius 1 is 0.805 bits per heavy atom. The SMILES string of the molecule is O=C(O)c1ccc(Oc2cc(NC(=O)N3CCC(O)(c4ccc(Br)cc4)CC3)cc(Oc3ccc(F)cc3)c2)cc1. The summed E-state index contributed by atoms with van der Waals surface area (Å²) in [5.74, 6) is -0.0320. The van der Waals surface area contributed by atoms with E-state index in [-0.39, 0.29) is 11.6 Å². The lowest BCUT2D eigenvalue weighted by Crippen LogP contribution is -2.46. The van der Waals surface area contributed by atoms with Gasteiger partial charge in [0.25, 0.3) is 0 Å². The highest BCUT2D eigenvalue weighted by Crippen LogP contribution is 2.35. The molecular formula is C31H26BrFN2O6. The molecule has 1 aliphatic rings. The van der Waals surface area contributed by atoms with E-state index >= 15 is 0 Å². The fourth-order valence-corrected chi connectivity index (χ4v) is 4.80. The van der Waals surface area contributed by atoms with Crippen LogP contribution in [0, 0.1) is 5.82 Å². The van der Waals surface area contributed by atoms with Gasteiger partial charge >= 0.3 is 12.0 Å². The zero-order chi connectivity index (χ0) is 29.0. The lowest BCUT2D eigenvalue weighted by atomic mass is 9.84. The van der Waals surface area contributed by atoms with Crippen molar-refractivity contribution in [2.75, 3.05) is 18.4 Å². The van der Waals surface area contributed by atoms with Gasteiger partial charge in [-0.3, -0.25) is 0 Å². The Morgan fingerprint density at radius 3 is 1.88 bits per heavy atom. The molecule has 2 amide bonds. The number of carbonyl (C=O) groups excluding carboxylic acids is 1. The number of halogens is 2. The number of nitrogens with one attached hydrogen (secondary N) is 1. The van der Waals surface area contributed by atoms with Crippen molar-refractivity contribution in [3.05, 3.63) is 112 Å². The minimum Gasteiger partial charge on any atom is -0.478 e. The average Bonchev–Trinajstić information content (AvgIpc) is 2.95. The van der Waals surface area contributed by atoms with E-state index in [1.54, 1.807) is 23.1 Å². The predicted octanol–water partition coefficient (Wildman–Crippen LogP) is 7.39. The summed E-state index contributed by atoms with van der Waals surface area (Å²) in [6, 6.07) is 23.4. The van der Waals surface area contributed by atoms with E-state index in [2.05, 4.69) is 21.2 Å². The Labute approximate surface area is 244 Å². The van der Waals surface area contributed by atoms with E-state index in [0.29, 0.717) is 54.6 Å². The molecule has 0 bridgehead atoms. The average molecular weight is 621 g/mol. The second-order valence-corrected chi connectivity index (χ2v) is 10.6. The first-order chi connectivity index (χ1) is 19.7. The molecule has 8 nitrogen and oxygen atoms in total. The van der Waals surface area contributed by atoms with E-state index in [1.165, 1.54) is 48.5 Å². The lowest BCUT2D eigenvalue weighted by Gasteiger charge is -2.38. The highest BCUT2D eigenvalue weighted by Gasteiger charge is 2.35. The second kappa shape index (κ2) is 12.0. The van der Waals surface area contributed by atoms with E-state index < -0.39 is 17.4 Å². The monoisotopic (exact) mass is 620 g/mol. The molecule has 0 spiro atoms. The zero-order valence-corrected chi connectivity index (χ0v) is 23.3. The van der Waals surface area contributed by atoms with E-state index in [9.17, 15) is 19.1 Å².